The van der Waals surface area contributed by atoms with E-state index in [0.717, 1.165) is 29.2 Å². The van der Waals surface area contributed by atoms with Gasteiger partial charge in [0.25, 0.3) is 11.5 Å². The Morgan fingerprint density at radius 2 is 1.93 bits per heavy atom. The third kappa shape index (κ3) is 5.01. The van der Waals surface area contributed by atoms with E-state index in [-0.39, 0.29) is 5.69 Å². The van der Waals surface area contributed by atoms with E-state index in [0.29, 0.717) is 23.7 Å². The minimum atomic E-state index is -0.622. The van der Waals surface area contributed by atoms with Gasteiger partial charge in [0.15, 0.2) is 11.4 Å². The molecule has 0 radical (unpaired) electrons. The maximum atomic E-state index is 12.6. The topological polar surface area (TPSA) is 93.5 Å². The molecule has 0 unspecified atom stereocenters. The molecule has 0 aliphatic heterocycles. The molecule has 0 saturated carbocycles. The monoisotopic (exact) mass is 393 g/mol. The van der Waals surface area contributed by atoms with Crippen LogP contribution >= 0.6 is 0 Å². The van der Waals surface area contributed by atoms with Gasteiger partial charge < -0.3 is 15.2 Å². The number of ether oxygens (including phenoxy) is 1. The third-order valence-corrected chi connectivity index (χ3v) is 4.25. The van der Waals surface area contributed by atoms with Crippen LogP contribution in [0.25, 0.3) is 5.69 Å². The molecule has 0 bridgehead atoms. The summed E-state index contributed by atoms with van der Waals surface area (Å²) in [6.45, 7) is 4.62. The van der Waals surface area contributed by atoms with Crippen LogP contribution in [0.2, 0.25) is 0 Å². The lowest BCUT2D eigenvalue weighted by molar-refractivity contribution is 0.101. The van der Waals surface area contributed by atoms with Crippen molar-refractivity contribution in [2.24, 2.45) is 0 Å². The number of anilines is 1. The number of rotatable bonds is 7. The number of hydrogen-bond acceptors (Lipinski definition) is 5. The molecule has 2 aromatic carbocycles. The SMILES string of the molecule is CCCCOc1ccc(NC(=O)c2nn(-c3cccc(C)c3)c(=O)cc2O)cc1. The summed E-state index contributed by atoms with van der Waals surface area (Å²) in [7, 11) is 0. The van der Waals surface area contributed by atoms with Crippen LogP contribution in [-0.4, -0.2) is 27.4 Å². The van der Waals surface area contributed by atoms with Crippen molar-refractivity contribution < 1.29 is 14.6 Å². The Balaban J connectivity index is 1.80. The molecular formula is C22H23N3O4. The number of benzene rings is 2. The zero-order valence-corrected chi connectivity index (χ0v) is 16.4. The quantitative estimate of drug-likeness (QED) is 0.597. The molecule has 0 aliphatic rings. The van der Waals surface area contributed by atoms with Gasteiger partial charge in [0.2, 0.25) is 0 Å². The van der Waals surface area contributed by atoms with Crippen LogP contribution in [0.15, 0.2) is 59.4 Å². The van der Waals surface area contributed by atoms with E-state index in [1.165, 1.54) is 0 Å². The fourth-order valence-corrected chi connectivity index (χ4v) is 2.71. The smallest absolute Gasteiger partial charge is 0.279 e. The highest BCUT2D eigenvalue weighted by molar-refractivity contribution is 6.04. The number of nitrogens with one attached hydrogen (secondary N) is 1. The van der Waals surface area contributed by atoms with Gasteiger partial charge in [-0.2, -0.15) is 9.78 Å². The van der Waals surface area contributed by atoms with Gasteiger partial charge in [-0.15, -0.1) is 0 Å². The minimum absolute atomic E-state index is 0.241. The van der Waals surface area contributed by atoms with Crippen LogP contribution in [0.1, 0.15) is 35.8 Å². The standard InChI is InChI=1S/C22H23N3O4/c1-3-4-12-29-18-10-8-16(9-11-18)23-22(28)21-19(26)14-20(27)25(24-21)17-7-5-6-15(2)13-17/h5-11,13-14,26H,3-4,12H2,1-2H3,(H,23,28). The average molecular weight is 393 g/mol. The Bertz CT molecular complexity index is 1060. The zero-order chi connectivity index (χ0) is 20.8. The summed E-state index contributed by atoms with van der Waals surface area (Å²) in [6.07, 6.45) is 2.02. The van der Waals surface area contributed by atoms with Gasteiger partial charge in [-0.3, -0.25) is 9.59 Å². The summed E-state index contributed by atoms with van der Waals surface area (Å²) in [5.41, 5.74) is 1.20. The number of hydrogen-bond donors (Lipinski definition) is 2. The molecule has 150 valence electrons. The van der Waals surface area contributed by atoms with Gasteiger partial charge in [0.1, 0.15) is 5.75 Å². The molecule has 1 heterocycles. The highest BCUT2D eigenvalue weighted by Crippen LogP contribution is 2.19. The number of amides is 1. The molecule has 0 aliphatic carbocycles. The number of aromatic nitrogens is 2. The molecule has 1 aromatic heterocycles. The van der Waals surface area contributed by atoms with Gasteiger partial charge in [-0.05, 0) is 55.3 Å². The van der Waals surface area contributed by atoms with E-state index in [1.54, 1.807) is 42.5 Å². The normalized spacial score (nSPS) is 10.6. The number of nitrogens with zero attached hydrogens (tertiary/aromatic N) is 2. The van der Waals surface area contributed by atoms with Crippen molar-refractivity contribution in [2.45, 2.75) is 26.7 Å². The Morgan fingerprint density at radius 1 is 1.17 bits per heavy atom. The summed E-state index contributed by atoms with van der Waals surface area (Å²) >= 11 is 0. The van der Waals surface area contributed by atoms with Crippen molar-refractivity contribution in [2.75, 3.05) is 11.9 Å². The van der Waals surface area contributed by atoms with Crippen molar-refractivity contribution >= 4 is 11.6 Å². The molecule has 0 spiro atoms. The lowest BCUT2D eigenvalue weighted by Gasteiger charge is -2.10. The number of aryl methyl sites for hydroxylation is 1. The summed E-state index contributed by atoms with van der Waals surface area (Å²) in [5, 5.41) is 16.8. The molecule has 7 nitrogen and oxygen atoms in total. The maximum absolute atomic E-state index is 12.6. The second kappa shape index (κ2) is 9.05. The van der Waals surface area contributed by atoms with Gasteiger partial charge in [0.05, 0.1) is 12.3 Å². The van der Waals surface area contributed by atoms with E-state index in [9.17, 15) is 14.7 Å². The van der Waals surface area contributed by atoms with Crippen LogP contribution in [0.3, 0.4) is 0 Å². The van der Waals surface area contributed by atoms with Crippen molar-refractivity contribution in [3.05, 3.63) is 76.2 Å². The first-order chi connectivity index (χ1) is 14.0. The molecule has 0 atom stereocenters. The second-order valence-corrected chi connectivity index (χ2v) is 6.65. The first-order valence-electron chi connectivity index (χ1n) is 9.42. The predicted molar refractivity (Wildman–Crippen MR) is 111 cm³/mol. The van der Waals surface area contributed by atoms with E-state index in [1.807, 2.05) is 13.0 Å². The van der Waals surface area contributed by atoms with Crippen LogP contribution in [-0.2, 0) is 0 Å². The number of carbonyl (C=O) groups is 1. The Morgan fingerprint density at radius 3 is 2.62 bits per heavy atom. The molecule has 0 saturated heterocycles. The van der Waals surface area contributed by atoms with Crippen molar-refractivity contribution in [3.63, 3.8) is 0 Å². The third-order valence-electron chi connectivity index (χ3n) is 4.25. The van der Waals surface area contributed by atoms with E-state index >= 15 is 0 Å². The van der Waals surface area contributed by atoms with Gasteiger partial charge in [-0.25, -0.2) is 0 Å². The first-order valence-corrected chi connectivity index (χ1v) is 9.42. The van der Waals surface area contributed by atoms with Gasteiger partial charge in [0, 0.05) is 11.8 Å². The average Bonchev–Trinajstić information content (AvgIpc) is 2.69. The molecular weight excluding hydrogens is 370 g/mol. The molecule has 2 N–H and O–H groups in total. The summed E-state index contributed by atoms with van der Waals surface area (Å²) in [5.74, 6) is -0.384. The van der Waals surface area contributed by atoms with Crippen LogP contribution in [0.4, 0.5) is 5.69 Å². The highest BCUT2D eigenvalue weighted by Gasteiger charge is 2.17. The Hall–Kier alpha value is -3.61. The number of aromatic hydroxyl groups is 1. The highest BCUT2D eigenvalue weighted by atomic mass is 16.5. The molecule has 1 amide bonds. The predicted octanol–water partition coefficient (Wildman–Crippen LogP) is 3.68. The molecule has 3 aromatic rings. The molecule has 3 rings (SSSR count). The first kappa shape index (κ1) is 20.1. The number of unbranched alkanes of at least 4 members (excludes halogenated alkanes) is 1. The molecule has 29 heavy (non-hydrogen) atoms. The molecule has 0 fully saturated rings. The van der Waals surface area contributed by atoms with E-state index in [2.05, 4.69) is 17.3 Å². The maximum Gasteiger partial charge on any atom is 0.279 e. The van der Waals surface area contributed by atoms with Crippen molar-refractivity contribution in [1.29, 1.82) is 0 Å². The number of carbonyl (C=O) groups excluding carboxylic acids is 1. The van der Waals surface area contributed by atoms with Crippen LogP contribution in [0.5, 0.6) is 11.5 Å². The van der Waals surface area contributed by atoms with Gasteiger partial charge >= 0.3 is 0 Å². The van der Waals surface area contributed by atoms with E-state index in [4.69, 9.17) is 4.74 Å². The van der Waals surface area contributed by atoms with Gasteiger partial charge in [-0.1, -0.05) is 25.5 Å². The summed E-state index contributed by atoms with van der Waals surface area (Å²) in [4.78, 5) is 24.8. The van der Waals surface area contributed by atoms with Crippen molar-refractivity contribution in [1.82, 2.24) is 9.78 Å². The fourth-order valence-electron chi connectivity index (χ4n) is 2.71. The second-order valence-electron chi connectivity index (χ2n) is 6.65. The fraction of sp³-hybridized carbons (Fsp3) is 0.227. The largest absolute Gasteiger partial charge is 0.505 e. The van der Waals surface area contributed by atoms with Crippen LogP contribution in [0, 0.1) is 6.92 Å². The Labute approximate surface area is 168 Å². The zero-order valence-electron chi connectivity index (χ0n) is 16.4. The van der Waals surface area contributed by atoms with E-state index < -0.39 is 17.2 Å². The lowest BCUT2D eigenvalue weighted by Crippen LogP contribution is -2.25. The minimum Gasteiger partial charge on any atom is -0.505 e. The summed E-state index contributed by atoms with van der Waals surface area (Å²) in [6, 6.07) is 15.0. The van der Waals surface area contributed by atoms with Crippen LogP contribution < -0.4 is 15.6 Å². The summed E-state index contributed by atoms with van der Waals surface area (Å²) < 4.78 is 6.68. The van der Waals surface area contributed by atoms with Crippen molar-refractivity contribution in [3.8, 4) is 17.2 Å². The Kier molecular flexibility index (Phi) is 6.29. The molecule has 7 heteroatoms. The lowest BCUT2D eigenvalue weighted by atomic mass is 10.2.